The number of halogens is 1. The van der Waals surface area contributed by atoms with Crippen LogP contribution in [0.4, 0.5) is 14.3 Å². The third-order valence-corrected chi connectivity index (χ3v) is 8.22. The SMILES string of the molecule is O=C(OC1CCN(Cc2ccccc2)CC1)N1C2COCC1CN(c1nc3ccc(F)cc3s1)C2. The van der Waals surface area contributed by atoms with Crippen LogP contribution in [0.1, 0.15) is 18.4 Å². The molecule has 6 rings (SSSR count). The maximum absolute atomic E-state index is 13.6. The van der Waals surface area contributed by atoms with Gasteiger partial charge < -0.3 is 14.4 Å². The maximum atomic E-state index is 13.6. The summed E-state index contributed by atoms with van der Waals surface area (Å²) in [4.78, 5) is 24.5. The number of benzene rings is 2. The van der Waals surface area contributed by atoms with E-state index < -0.39 is 0 Å². The Hall–Kier alpha value is -2.75. The Morgan fingerprint density at radius 1 is 1.09 bits per heavy atom. The first-order valence-corrected chi connectivity index (χ1v) is 13.1. The van der Waals surface area contributed by atoms with Crippen molar-refractivity contribution in [1.29, 1.82) is 0 Å². The number of nitrogens with zero attached hydrogens (tertiary/aromatic N) is 4. The molecule has 0 saturated carbocycles. The molecule has 2 unspecified atom stereocenters. The number of fused-ring (bicyclic) bond motifs is 3. The highest BCUT2D eigenvalue weighted by atomic mass is 32.1. The molecule has 184 valence electrons. The first-order chi connectivity index (χ1) is 17.1. The van der Waals surface area contributed by atoms with Crippen molar-refractivity contribution in [3.05, 3.63) is 59.9 Å². The molecule has 0 spiro atoms. The lowest BCUT2D eigenvalue weighted by atomic mass is 10.1. The Morgan fingerprint density at radius 3 is 2.57 bits per heavy atom. The van der Waals surface area contributed by atoms with Crippen LogP contribution < -0.4 is 4.90 Å². The number of piperazine rings is 1. The molecule has 9 heteroatoms. The number of thiazole rings is 1. The minimum absolute atomic E-state index is 0.0478. The Morgan fingerprint density at radius 2 is 1.83 bits per heavy atom. The summed E-state index contributed by atoms with van der Waals surface area (Å²) >= 11 is 1.49. The van der Waals surface area contributed by atoms with Gasteiger partial charge >= 0.3 is 6.09 Å². The zero-order valence-electron chi connectivity index (χ0n) is 19.5. The highest BCUT2D eigenvalue weighted by molar-refractivity contribution is 7.22. The lowest BCUT2D eigenvalue weighted by Gasteiger charge is -2.49. The van der Waals surface area contributed by atoms with Crippen LogP contribution in [0.2, 0.25) is 0 Å². The van der Waals surface area contributed by atoms with Crippen molar-refractivity contribution in [2.75, 3.05) is 44.3 Å². The second kappa shape index (κ2) is 9.72. The normalized spacial score (nSPS) is 23.6. The summed E-state index contributed by atoms with van der Waals surface area (Å²) in [7, 11) is 0. The summed E-state index contributed by atoms with van der Waals surface area (Å²) in [6, 6.07) is 15.0. The lowest BCUT2D eigenvalue weighted by molar-refractivity contribution is -0.0627. The minimum Gasteiger partial charge on any atom is -0.446 e. The number of aromatic nitrogens is 1. The van der Waals surface area contributed by atoms with Crippen LogP contribution in [0.5, 0.6) is 0 Å². The molecule has 1 amide bonds. The molecule has 0 aliphatic carbocycles. The third kappa shape index (κ3) is 4.85. The zero-order chi connectivity index (χ0) is 23.8. The van der Waals surface area contributed by atoms with Crippen LogP contribution in [0.15, 0.2) is 48.5 Å². The lowest BCUT2D eigenvalue weighted by Crippen LogP contribution is -2.66. The highest BCUT2D eigenvalue weighted by Gasteiger charge is 2.43. The second-order valence-electron chi connectivity index (χ2n) is 9.61. The van der Waals surface area contributed by atoms with Crippen molar-refractivity contribution in [1.82, 2.24) is 14.8 Å². The molecule has 0 radical (unpaired) electrons. The zero-order valence-corrected chi connectivity index (χ0v) is 20.3. The van der Waals surface area contributed by atoms with Crippen LogP contribution in [-0.4, -0.2) is 78.5 Å². The first-order valence-electron chi connectivity index (χ1n) is 12.3. The molecule has 3 saturated heterocycles. The smallest absolute Gasteiger partial charge is 0.410 e. The molecule has 3 fully saturated rings. The molecule has 0 N–H and O–H groups in total. The van der Waals surface area contributed by atoms with E-state index in [-0.39, 0.29) is 30.1 Å². The van der Waals surface area contributed by atoms with Crippen molar-refractivity contribution < 1.29 is 18.7 Å². The number of carbonyl (C=O) groups excluding carboxylic acids is 1. The topological polar surface area (TPSA) is 58.1 Å². The van der Waals surface area contributed by atoms with E-state index in [4.69, 9.17) is 14.5 Å². The average Bonchev–Trinajstić information content (AvgIpc) is 3.28. The molecule has 2 atom stereocenters. The van der Waals surface area contributed by atoms with E-state index in [1.54, 1.807) is 6.07 Å². The van der Waals surface area contributed by atoms with E-state index in [9.17, 15) is 9.18 Å². The van der Waals surface area contributed by atoms with Gasteiger partial charge in [0.25, 0.3) is 0 Å². The molecule has 7 nitrogen and oxygen atoms in total. The van der Waals surface area contributed by atoms with Crippen LogP contribution in [0, 0.1) is 5.82 Å². The number of hydrogen-bond acceptors (Lipinski definition) is 7. The molecule has 4 heterocycles. The van der Waals surface area contributed by atoms with E-state index in [1.165, 1.54) is 29.0 Å². The van der Waals surface area contributed by atoms with Gasteiger partial charge in [0.15, 0.2) is 5.13 Å². The fourth-order valence-electron chi connectivity index (χ4n) is 5.37. The van der Waals surface area contributed by atoms with Crippen molar-refractivity contribution in [3.63, 3.8) is 0 Å². The van der Waals surface area contributed by atoms with Crippen molar-refractivity contribution in [2.24, 2.45) is 0 Å². The number of ether oxygens (including phenoxy) is 2. The average molecular weight is 497 g/mol. The minimum atomic E-state index is -0.253. The van der Waals surface area contributed by atoms with E-state index in [2.05, 4.69) is 34.1 Å². The third-order valence-electron chi connectivity index (χ3n) is 7.14. The van der Waals surface area contributed by atoms with Gasteiger partial charge in [-0.25, -0.2) is 14.2 Å². The van der Waals surface area contributed by atoms with Gasteiger partial charge in [-0.05, 0) is 36.6 Å². The van der Waals surface area contributed by atoms with Gasteiger partial charge in [0.1, 0.15) is 11.9 Å². The first kappa shape index (κ1) is 22.7. The number of hydrogen-bond donors (Lipinski definition) is 0. The second-order valence-corrected chi connectivity index (χ2v) is 10.6. The van der Waals surface area contributed by atoms with Gasteiger partial charge in [0.2, 0.25) is 0 Å². The number of carbonyl (C=O) groups is 1. The van der Waals surface area contributed by atoms with Crippen molar-refractivity contribution >= 4 is 32.8 Å². The fraction of sp³-hybridized carbons (Fsp3) is 0.462. The number of amides is 1. The summed E-state index contributed by atoms with van der Waals surface area (Å²) in [5.41, 5.74) is 2.11. The molecule has 2 bridgehead atoms. The Bertz CT molecular complexity index is 1170. The maximum Gasteiger partial charge on any atom is 0.410 e. The van der Waals surface area contributed by atoms with Crippen LogP contribution in [0.3, 0.4) is 0 Å². The fourth-order valence-corrected chi connectivity index (χ4v) is 6.38. The quantitative estimate of drug-likeness (QED) is 0.542. The summed E-state index contributed by atoms with van der Waals surface area (Å²) < 4.78 is 26.2. The molecule has 3 aliphatic heterocycles. The van der Waals surface area contributed by atoms with E-state index in [0.29, 0.717) is 26.3 Å². The number of piperidine rings is 1. The van der Waals surface area contributed by atoms with Crippen LogP contribution in [0.25, 0.3) is 10.2 Å². The van der Waals surface area contributed by atoms with Gasteiger partial charge in [-0.15, -0.1) is 0 Å². The monoisotopic (exact) mass is 496 g/mol. The summed E-state index contributed by atoms with van der Waals surface area (Å²) in [5.74, 6) is -0.253. The largest absolute Gasteiger partial charge is 0.446 e. The van der Waals surface area contributed by atoms with Crippen LogP contribution in [-0.2, 0) is 16.0 Å². The number of anilines is 1. The molecular formula is C26H29FN4O3S. The molecule has 3 aliphatic rings. The van der Waals surface area contributed by atoms with Gasteiger partial charge in [0.05, 0.1) is 35.5 Å². The van der Waals surface area contributed by atoms with Gasteiger partial charge in [0, 0.05) is 32.7 Å². The molecule has 1 aromatic heterocycles. The highest BCUT2D eigenvalue weighted by Crippen LogP contribution is 2.33. The predicted molar refractivity (Wildman–Crippen MR) is 133 cm³/mol. The number of rotatable bonds is 4. The number of likely N-dealkylation sites (tertiary alicyclic amines) is 1. The Labute approximate surface area is 208 Å². The van der Waals surface area contributed by atoms with Crippen LogP contribution >= 0.6 is 11.3 Å². The van der Waals surface area contributed by atoms with E-state index in [1.807, 2.05) is 11.0 Å². The molecule has 35 heavy (non-hydrogen) atoms. The molecule has 3 aromatic rings. The Kier molecular flexibility index (Phi) is 6.30. The molecular weight excluding hydrogens is 467 g/mol. The van der Waals surface area contributed by atoms with E-state index in [0.717, 1.165) is 47.8 Å². The van der Waals surface area contributed by atoms with Gasteiger partial charge in [-0.3, -0.25) is 9.80 Å². The standard InChI is InChI=1S/C26H29FN4O3S/c27-19-6-7-23-24(12-19)35-25(28-23)30-14-20-16-33-17-21(15-30)31(20)26(32)34-22-8-10-29(11-9-22)13-18-4-2-1-3-5-18/h1-7,12,20-22H,8-11,13-17H2. The summed E-state index contributed by atoms with van der Waals surface area (Å²) in [6.07, 6.45) is 1.43. The number of morpholine rings is 1. The van der Waals surface area contributed by atoms with Crippen molar-refractivity contribution in [3.8, 4) is 0 Å². The molecule has 2 aromatic carbocycles. The van der Waals surface area contributed by atoms with Gasteiger partial charge in [-0.2, -0.15) is 0 Å². The Balaban J connectivity index is 1.06. The van der Waals surface area contributed by atoms with Gasteiger partial charge in [-0.1, -0.05) is 41.7 Å². The summed E-state index contributed by atoms with van der Waals surface area (Å²) in [5, 5.41) is 0.862. The predicted octanol–water partition coefficient (Wildman–Crippen LogP) is 4.13. The van der Waals surface area contributed by atoms with E-state index >= 15 is 0 Å². The summed E-state index contributed by atoms with van der Waals surface area (Å²) in [6.45, 7) is 5.01. The van der Waals surface area contributed by atoms with Crippen molar-refractivity contribution in [2.45, 2.75) is 37.6 Å².